The lowest BCUT2D eigenvalue weighted by Gasteiger charge is -2.25. The summed E-state index contributed by atoms with van der Waals surface area (Å²) in [5, 5.41) is 12.7. The van der Waals surface area contributed by atoms with E-state index in [0.717, 1.165) is 27.5 Å². The second-order valence-electron chi connectivity index (χ2n) is 15.0. The maximum absolute atomic E-state index is 10.5. The summed E-state index contributed by atoms with van der Waals surface area (Å²) in [6.07, 6.45) is 0. The van der Waals surface area contributed by atoms with Crippen molar-refractivity contribution < 1.29 is 9.52 Å². The maximum atomic E-state index is 10.5. The van der Waals surface area contributed by atoms with Gasteiger partial charge in [-0.1, -0.05) is 116 Å². The summed E-state index contributed by atoms with van der Waals surface area (Å²) in [6, 6.07) is 30.8. The number of rotatable bonds is 5. The maximum Gasteiger partial charge on any atom is 0.164 e. The molecule has 0 aliphatic carbocycles. The van der Waals surface area contributed by atoms with Crippen LogP contribution in [0, 0.1) is 0 Å². The minimum atomic E-state index is -0.481. The molecule has 0 amide bonds. The molecule has 1 N–H and O–H groups in total. The van der Waals surface area contributed by atoms with Crippen LogP contribution in [-0.4, -0.2) is 111 Å². The predicted molar refractivity (Wildman–Crippen MR) is 264 cm³/mol. The number of benzene rings is 7. The number of aromatic nitrogens is 4. The minimum absolute atomic E-state index is 0.00780. The highest BCUT2D eigenvalue weighted by Gasteiger charge is 2.26. The van der Waals surface area contributed by atoms with Crippen LogP contribution in [0.4, 0.5) is 0 Å². The highest BCUT2D eigenvalue weighted by atomic mass is 16.3. The fraction of sp³-hybridized carbons (Fsp3) is 0. The zero-order valence-electron chi connectivity index (χ0n) is 32.7. The molecule has 10 aromatic rings. The number of phenols is 1. The van der Waals surface area contributed by atoms with E-state index in [1.807, 2.05) is 97.1 Å². The van der Waals surface area contributed by atoms with Crippen molar-refractivity contribution in [3.63, 3.8) is 0 Å². The van der Waals surface area contributed by atoms with Crippen molar-refractivity contribution >= 4 is 190 Å². The van der Waals surface area contributed by atoms with Crippen molar-refractivity contribution in [2.24, 2.45) is 0 Å². The van der Waals surface area contributed by atoms with Gasteiger partial charge in [0, 0.05) is 49.6 Å². The van der Waals surface area contributed by atoms with Gasteiger partial charge in [0.15, 0.2) is 17.5 Å². The van der Waals surface area contributed by atoms with Crippen LogP contribution >= 0.6 is 0 Å². The lowest BCUT2D eigenvalue weighted by Crippen LogP contribution is -2.48. The SMILES string of the molecule is [B]c1c([B])c(-c2c([B])c([B])c3c(c2[B])c2c([B])c([B])c([B])c([B])c2n3-c2ccc3oc4cc(-c5nc(-c6ccccc6)nc(-c6ccccc6)n5)ccc4c3c2)c([B])c([B])c1O. The van der Waals surface area contributed by atoms with Gasteiger partial charge in [0.1, 0.15) is 97.5 Å². The molecule has 3 heterocycles. The molecule has 0 bridgehead atoms. The third-order valence-electron chi connectivity index (χ3n) is 11.5. The predicted octanol–water partition coefficient (Wildman–Crippen LogP) is -2.03. The first kappa shape index (κ1) is 39.8. The fourth-order valence-corrected chi connectivity index (χ4v) is 8.28. The van der Waals surface area contributed by atoms with Crippen molar-refractivity contribution in [2.75, 3.05) is 0 Å². The molecule has 0 saturated carbocycles. The molecule has 17 heteroatoms. The lowest BCUT2D eigenvalue weighted by atomic mass is 9.60. The third kappa shape index (κ3) is 5.84. The highest BCUT2D eigenvalue weighted by molar-refractivity contribution is 6.70. The van der Waals surface area contributed by atoms with Gasteiger partial charge in [-0.05, 0) is 46.8 Å². The monoisotopic (exact) mass is 766 g/mol. The average molecular weight is 765 g/mol. The number of hydrogen-bond donors (Lipinski definition) is 1. The second-order valence-corrected chi connectivity index (χ2v) is 15.0. The van der Waals surface area contributed by atoms with Crippen LogP contribution in [-0.2, 0) is 0 Å². The highest BCUT2D eigenvalue weighted by Crippen LogP contribution is 2.36. The zero-order valence-corrected chi connectivity index (χ0v) is 32.7. The Morgan fingerprint density at radius 2 is 0.887 bits per heavy atom. The Bertz CT molecular complexity index is 3470. The largest absolute Gasteiger partial charge is 0.509 e. The van der Waals surface area contributed by atoms with Crippen LogP contribution in [0.5, 0.6) is 5.75 Å². The van der Waals surface area contributed by atoms with Crippen LogP contribution in [0.3, 0.4) is 0 Å². The number of aromatic hydroxyl groups is 1. The van der Waals surface area contributed by atoms with E-state index in [0.29, 0.717) is 56.1 Å². The first-order valence-electron chi connectivity index (χ1n) is 19.1. The summed E-state index contributed by atoms with van der Waals surface area (Å²) in [5.74, 6) is 1.06. The van der Waals surface area contributed by atoms with Crippen molar-refractivity contribution in [1.82, 2.24) is 19.5 Å². The first-order valence-corrected chi connectivity index (χ1v) is 19.1. The van der Waals surface area contributed by atoms with E-state index in [4.69, 9.17) is 106 Å². The molecule has 0 saturated heterocycles. The van der Waals surface area contributed by atoms with Crippen LogP contribution in [0.1, 0.15) is 0 Å². The van der Waals surface area contributed by atoms with Gasteiger partial charge in [-0.2, -0.15) is 0 Å². The number of nitrogens with zero attached hydrogens (tertiary/aromatic N) is 4. The number of fused-ring (bicyclic) bond motifs is 6. The summed E-state index contributed by atoms with van der Waals surface area (Å²) in [6.45, 7) is 0. The Hall–Kier alpha value is -6.34. The summed E-state index contributed by atoms with van der Waals surface area (Å²) < 4.78 is 8.23. The Morgan fingerprint density at radius 3 is 1.47 bits per heavy atom. The molecule has 0 fully saturated rings. The van der Waals surface area contributed by atoms with Gasteiger partial charge in [-0.3, -0.25) is 0 Å². The van der Waals surface area contributed by atoms with E-state index in [-0.39, 0.29) is 71.2 Å². The fourth-order valence-electron chi connectivity index (χ4n) is 8.28. The Labute approximate surface area is 371 Å². The van der Waals surface area contributed by atoms with Crippen molar-refractivity contribution in [3.05, 3.63) is 97.1 Å². The normalized spacial score (nSPS) is 11.7. The molecule has 22 radical (unpaired) electrons. The van der Waals surface area contributed by atoms with Gasteiger partial charge < -0.3 is 14.1 Å². The van der Waals surface area contributed by atoms with Gasteiger partial charge in [-0.25, -0.2) is 15.0 Å². The molecular weight excluding hydrogens is 747 g/mol. The first-order chi connectivity index (χ1) is 29.8. The van der Waals surface area contributed by atoms with E-state index in [1.165, 1.54) is 0 Å². The summed E-state index contributed by atoms with van der Waals surface area (Å²) in [4.78, 5) is 14.6. The molecule has 0 aliphatic heterocycles. The quantitative estimate of drug-likeness (QED) is 0.205. The molecule has 262 valence electrons. The van der Waals surface area contributed by atoms with E-state index in [9.17, 15) is 5.11 Å². The minimum Gasteiger partial charge on any atom is -0.509 e. The van der Waals surface area contributed by atoms with Gasteiger partial charge in [-0.15, -0.1) is 10.9 Å². The molecule has 0 atom stereocenters. The molecule has 6 nitrogen and oxygen atoms in total. The van der Waals surface area contributed by atoms with Crippen LogP contribution < -0.4 is 60.1 Å². The molecule has 0 spiro atoms. The average Bonchev–Trinajstić information content (AvgIpc) is 3.86. The lowest BCUT2D eigenvalue weighted by molar-refractivity contribution is 0.484. The summed E-state index contributed by atoms with van der Waals surface area (Å²) in [7, 11) is 72.6. The summed E-state index contributed by atoms with van der Waals surface area (Å²) in [5.41, 5.74) is 4.81. The Kier molecular flexibility index (Phi) is 9.40. The second kappa shape index (κ2) is 14.6. The van der Waals surface area contributed by atoms with E-state index < -0.39 is 5.75 Å². The van der Waals surface area contributed by atoms with E-state index in [2.05, 4.69) is 0 Å². The zero-order chi connectivity index (χ0) is 43.5. The molecule has 10 rings (SSSR count). The topological polar surface area (TPSA) is 77.0 Å². The van der Waals surface area contributed by atoms with Gasteiger partial charge in [0.2, 0.25) is 0 Å². The van der Waals surface area contributed by atoms with Gasteiger partial charge in [0.05, 0.1) is 5.75 Å². The molecule has 3 aromatic heterocycles. The molecule has 0 unspecified atom stereocenters. The Balaban J connectivity index is 1.20. The third-order valence-corrected chi connectivity index (χ3v) is 11.5. The molecule has 0 aliphatic rings. The molecule has 7 aromatic carbocycles. The van der Waals surface area contributed by atoms with Crippen molar-refractivity contribution in [3.8, 4) is 56.7 Å². The molecule has 62 heavy (non-hydrogen) atoms. The molecular formula is C45H17B11N4O2. The van der Waals surface area contributed by atoms with Gasteiger partial charge >= 0.3 is 0 Å². The van der Waals surface area contributed by atoms with Crippen LogP contribution in [0.15, 0.2) is 101 Å². The van der Waals surface area contributed by atoms with Crippen molar-refractivity contribution in [1.29, 1.82) is 0 Å². The van der Waals surface area contributed by atoms with E-state index in [1.54, 1.807) is 4.57 Å². The number of hydrogen-bond acceptors (Lipinski definition) is 5. The van der Waals surface area contributed by atoms with Crippen LogP contribution in [0.25, 0.3) is 94.7 Å². The van der Waals surface area contributed by atoms with E-state index >= 15 is 0 Å². The number of phenolic OH excluding ortho intramolecular Hbond substituents is 1. The van der Waals surface area contributed by atoms with Crippen LogP contribution in [0.2, 0.25) is 0 Å². The number of furan rings is 1. The summed E-state index contributed by atoms with van der Waals surface area (Å²) >= 11 is 0. The van der Waals surface area contributed by atoms with Crippen molar-refractivity contribution in [2.45, 2.75) is 0 Å². The smallest absolute Gasteiger partial charge is 0.164 e. The van der Waals surface area contributed by atoms with Gasteiger partial charge in [0.25, 0.3) is 0 Å². The Morgan fingerprint density at radius 1 is 0.403 bits per heavy atom. The standard InChI is InChI=1S/C45H17B11N4O2/c46-29-25(26-31(48)38(55)42(61)39(56)32(26)49)30(47)36(53)40-27(29)28-33(50)34(51)35(52)37(54)41(28)60(40)20-12-14-23-22(16-20)21-13-11-19(15-24(21)62-23)45-58-43(17-7-3-1-4-8-17)57-44(59-45)18-9-5-2-6-10-18/h1-16,61H.